The van der Waals surface area contributed by atoms with Crippen molar-refractivity contribution >= 4 is 29.4 Å². The predicted molar refractivity (Wildman–Crippen MR) is 91.2 cm³/mol. The van der Waals surface area contributed by atoms with Gasteiger partial charge in [-0.25, -0.2) is 9.78 Å². The van der Waals surface area contributed by atoms with Crippen LogP contribution in [0.15, 0.2) is 42.6 Å². The fraction of sp³-hybridized carbons (Fsp3) is 0.176. The number of halogens is 1. The lowest BCUT2D eigenvalue weighted by Gasteiger charge is -2.15. The standard InChI is InChI=1S/C17H16ClN3O4/c1-25-17(24)12-4-2-3-11(8-12)16(23)21-13(15(19)22)7-10-5-6-14(18)20-9-10/h2-6,8-9,13H,7H2,1H3,(H2,19,22)(H,21,23)/t13-/m0/s1. The van der Waals surface area contributed by atoms with Gasteiger partial charge in [0.15, 0.2) is 0 Å². The third kappa shape index (κ3) is 5.02. The molecule has 0 bridgehead atoms. The van der Waals surface area contributed by atoms with E-state index in [-0.39, 0.29) is 17.5 Å². The Labute approximate surface area is 149 Å². The maximum atomic E-state index is 12.4. The van der Waals surface area contributed by atoms with E-state index in [2.05, 4.69) is 15.0 Å². The van der Waals surface area contributed by atoms with Gasteiger partial charge < -0.3 is 15.8 Å². The number of ether oxygens (including phenoxy) is 1. The molecule has 1 aromatic carbocycles. The summed E-state index contributed by atoms with van der Waals surface area (Å²) < 4.78 is 4.62. The SMILES string of the molecule is COC(=O)c1cccc(C(=O)N[C@@H](Cc2ccc(Cl)nc2)C(N)=O)c1. The maximum absolute atomic E-state index is 12.4. The largest absolute Gasteiger partial charge is 0.465 e. The van der Waals surface area contributed by atoms with Gasteiger partial charge in [-0.3, -0.25) is 9.59 Å². The molecule has 0 aliphatic carbocycles. The molecule has 0 radical (unpaired) electrons. The summed E-state index contributed by atoms with van der Waals surface area (Å²) in [5.41, 5.74) is 6.50. The van der Waals surface area contributed by atoms with Gasteiger partial charge in [-0.2, -0.15) is 0 Å². The summed E-state index contributed by atoms with van der Waals surface area (Å²) in [5.74, 6) is -1.78. The Kier molecular flexibility index (Phi) is 6.08. The van der Waals surface area contributed by atoms with Crippen molar-refractivity contribution in [2.24, 2.45) is 5.73 Å². The monoisotopic (exact) mass is 361 g/mol. The number of rotatable bonds is 6. The molecule has 0 fully saturated rings. The highest BCUT2D eigenvalue weighted by Gasteiger charge is 2.20. The third-order valence-corrected chi connectivity index (χ3v) is 3.65. The number of esters is 1. The molecule has 2 rings (SSSR count). The summed E-state index contributed by atoms with van der Waals surface area (Å²) in [6.45, 7) is 0. The van der Waals surface area contributed by atoms with E-state index in [1.165, 1.54) is 31.5 Å². The second kappa shape index (κ2) is 8.25. The Balaban J connectivity index is 2.13. The molecular weight excluding hydrogens is 346 g/mol. The van der Waals surface area contributed by atoms with Crippen molar-refractivity contribution < 1.29 is 19.1 Å². The molecule has 1 heterocycles. The Morgan fingerprint density at radius 1 is 1.24 bits per heavy atom. The first-order valence-electron chi connectivity index (χ1n) is 7.29. The first-order chi connectivity index (χ1) is 11.9. The van der Waals surface area contributed by atoms with Gasteiger partial charge in [0.25, 0.3) is 5.91 Å². The van der Waals surface area contributed by atoms with Gasteiger partial charge >= 0.3 is 5.97 Å². The average Bonchev–Trinajstić information content (AvgIpc) is 2.62. The van der Waals surface area contributed by atoms with E-state index in [0.29, 0.717) is 10.7 Å². The number of methoxy groups -OCH3 is 1. The fourth-order valence-corrected chi connectivity index (χ4v) is 2.24. The van der Waals surface area contributed by atoms with Gasteiger partial charge in [0.1, 0.15) is 11.2 Å². The number of nitrogens with zero attached hydrogens (tertiary/aromatic N) is 1. The van der Waals surface area contributed by atoms with Crippen LogP contribution in [-0.4, -0.2) is 35.9 Å². The topological polar surface area (TPSA) is 111 Å². The van der Waals surface area contributed by atoms with E-state index in [0.717, 1.165) is 0 Å². The second-order valence-corrected chi connectivity index (χ2v) is 5.58. The molecule has 0 saturated heterocycles. The van der Waals surface area contributed by atoms with E-state index in [1.807, 2.05) is 0 Å². The van der Waals surface area contributed by atoms with Crippen molar-refractivity contribution in [2.45, 2.75) is 12.5 Å². The molecule has 1 aromatic heterocycles. The Morgan fingerprint density at radius 3 is 2.56 bits per heavy atom. The van der Waals surface area contributed by atoms with Gasteiger partial charge in [-0.15, -0.1) is 0 Å². The van der Waals surface area contributed by atoms with E-state index in [4.69, 9.17) is 17.3 Å². The number of benzene rings is 1. The van der Waals surface area contributed by atoms with Crippen LogP contribution in [0.4, 0.5) is 0 Å². The minimum absolute atomic E-state index is 0.169. The van der Waals surface area contributed by atoms with Gasteiger partial charge in [-0.05, 0) is 29.8 Å². The molecule has 7 nitrogen and oxygen atoms in total. The number of aromatic nitrogens is 1. The highest BCUT2D eigenvalue weighted by Crippen LogP contribution is 2.10. The minimum Gasteiger partial charge on any atom is -0.465 e. The molecule has 0 unspecified atom stereocenters. The maximum Gasteiger partial charge on any atom is 0.337 e. The molecule has 2 amide bonds. The lowest BCUT2D eigenvalue weighted by molar-refractivity contribution is -0.119. The number of hydrogen-bond donors (Lipinski definition) is 2. The highest BCUT2D eigenvalue weighted by molar-refractivity contribution is 6.29. The van der Waals surface area contributed by atoms with Crippen molar-refractivity contribution in [3.8, 4) is 0 Å². The Morgan fingerprint density at radius 2 is 1.96 bits per heavy atom. The molecule has 25 heavy (non-hydrogen) atoms. The lowest BCUT2D eigenvalue weighted by Crippen LogP contribution is -2.45. The van der Waals surface area contributed by atoms with Crippen LogP contribution < -0.4 is 11.1 Å². The number of pyridine rings is 1. The smallest absolute Gasteiger partial charge is 0.337 e. The van der Waals surface area contributed by atoms with Crippen molar-refractivity contribution in [3.05, 3.63) is 64.4 Å². The number of nitrogens with two attached hydrogens (primary N) is 1. The zero-order chi connectivity index (χ0) is 18.4. The van der Waals surface area contributed by atoms with Crippen molar-refractivity contribution in [1.29, 1.82) is 0 Å². The van der Waals surface area contributed by atoms with Crippen LogP contribution in [0.3, 0.4) is 0 Å². The molecule has 0 saturated carbocycles. The van der Waals surface area contributed by atoms with Crippen LogP contribution in [0.2, 0.25) is 5.15 Å². The van der Waals surface area contributed by atoms with Crippen LogP contribution in [0.5, 0.6) is 0 Å². The summed E-state index contributed by atoms with van der Waals surface area (Å²) in [7, 11) is 1.25. The second-order valence-electron chi connectivity index (χ2n) is 5.19. The fourth-order valence-electron chi connectivity index (χ4n) is 2.13. The van der Waals surface area contributed by atoms with Crippen LogP contribution in [0, 0.1) is 0 Å². The molecule has 0 aliphatic heterocycles. The highest BCUT2D eigenvalue weighted by atomic mass is 35.5. The van der Waals surface area contributed by atoms with Crippen LogP contribution in [0.1, 0.15) is 26.3 Å². The number of primary amides is 1. The number of carbonyl (C=O) groups excluding carboxylic acids is 3. The summed E-state index contributed by atoms with van der Waals surface area (Å²) >= 11 is 5.72. The van der Waals surface area contributed by atoms with Crippen LogP contribution in [-0.2, 0) is 16.0 Å². The van der Waals surface area contributed by atoms with Crippen molar-refractivity contribution in [3.63, 3.8) is 0 Å². The third-order valence-electron chi connectivity index (χ3n) is 3.42. The predicted octanol–water partition coefficient (Wildman–Crippen LogP) is 1.35. The normalized spacial score (nSPS) is 11.4. The molecule has 0 spiro atoms. The van der Waals surface area contributed by atoms with Gasteiger partial charge in [-0.1, -0.05) is 23.7 Å². The summed E-state index contributed by atoms with van der Waals surface area (Å²) in [5, 5.41) is 2.88. The first-order valence-corrected chi connectivity index (χ1v) is 7.67. The Bertz CT molecular complexity index is 793. The van der Waals surface area contributed by atoms with Crippen molar-refractivity contribution in [2.75, 3.05) is 7.11 Å². The van der Waals surface area contributed by atoms with E-state index < -0.39 is 23.8 Å². The van der Waals surface area contributed by atoms with E-state index >= 15 is 0 Å². The lowest BCUT2D eigenvalue weighted by atomic mass is 10.1. The molecule has 1 atom stereocenters. The molecule has 0 aliphatic rings. The summed E-state index contributed by atoms with van der Waals surface area (Å²) in [4.78, 5) is 39.5. The average molecular weight is 362 g/mol. The number of hydrogen-bond acceptors (Lipinski definition) is 5. The molecular formula is C17H16ClN3O4. The van der Waals surface area contributed by atoms with Crippen LogP contribution in [0.25, 0.3) is 0 Å². The molecule has 2 aromatic rings. The van der Waals surface area contributed by atoms with E-state index in [9.17, 15) is 14.4 Å². The first kappa shape index (κ1) is 18.4. The van der Waals surface area contributed by atoms with Gasteiger partial charge in [0, 0.05) is 18.2 Å². The van der Waals surface area contributed by atoms with E-state index in [1.54, 1.807) is 18.2 Å². The van der Waals surface area contributed by atoms with Crippen LogP contribution >= 0.6 is 11.6 Å². The number of nitrogens with one attached hydrogen (secondary N) is 1. The summed E-state index contributed by atoms with van der Waals surface area (Å²) in [6, 6.07) is 8.30. The quantitative estimate of drug-likeness (QED) is 0.596. The van der Waals surface area contributed by atoms with Gasteiger partial charge in [0.2, 0.25) is 5.91 Å². The zero-order valence-electron chi connectivity index (χ0n) is 13.4. The number of amides is 2. The number of carbonyl (C=O) groups is 3. The molecule has 3 N–H and O–H groups in total. The Hall–Kier alpha value is -2.93. The summed E-state index contributed by atoms with van der Waals surface area (Å²) in [6.07, 6.45) is 1.67. The minimum atomic E-state index is -0.933. The zero-order valence-corrected chi connectivity index (χ0v) is 14.1. The molecule has 8 heteroatoms. The van der Waals surface area contributed by atoms with Gasteiger partial charge in [0.05, 0.1) is 12.7 Å². The van der Waals surface area contributed by atoms with Crippen molar-refractivity contribution in [1.82, 2.24) is 10.3 Å². The molecule has 130 valence electrons.